The monoisotopic (exact) mass is 695 g/mol. The van der Waals surface area contributed by atoms with E-state index in [-0.39, 0.29) is 40.5 Å². The minimum atomic E-state index is -4.84. The highest BCUT2D eigenvalue weighted by molar-refractivity contribution is 6.23. The average Bonchev–Trinajstić information content (AvgIpc) is 3.24. The van der Waals surface area contributed by atoms with Crippen LogP contribution < -0.4 is 34.9 Å². The smallest absolute Gasteiger partial charge is 0.424 e. The molecule has 3 amide bonds. The maximum absolute atomic E-state index is 12.5. The summed E-state index contributed by atoms with van der Waals surface area (Å²) in [5.41, 5.74) is 5.48. The molecule has 19 heteroatoms. The molecule has 13 nitrogen and oxygen atoms in total. The number of hydrogen-bond donors (Lipinski definition) is 2. The molecule has 0 spiro atoms. The average molecular weight is 696 g/mol. The SMILES string of the molecule is CC[C@@]1(C)NC(=O)N(c2cnc(Oc3ccc(C)c(OC(F)(F)F)c3)nc2)C1=O.Cc1ccc(Oc2ncc(N)cn2)cc1OC(F)(F)F. The second-order valence-electron chi connectivity index (χ2n) is 10.4. The standard InChI is InChI=1S/C18H17F3N4O4.C12H10F3N3O2/c1-4-17(3)14(26)25(16(27)24-17)11-8-22-15(23-9-11)28-12-6-5-10(2)13(7-12)29-18(19,20)21;1-7-2-3-9(4-10(7)20-12(13,14)15)19-11-17-5-8(16)6-18-11/h5-9H,4H2,1-3H3,(H,24,27);2-6H,16H2,1H3/t17-;/m1./s1. The van der Waals surface area contributed by atoms with Gasteiger partial charge in [-0.2, -0.15) is 0 Å². The third kappa shape index (κ3) is 9.58. The van der Waals surface area contributed by atoms with E-state index in [1.165, 1.54) is 62.9 Å². The summed E-state index contributed by atoms with van der Waals surface area (Å²) >= 11 is 0. The van der Waals surface area contributed by atoms with Crippen molar-refractivity contribution in [3.63, 3.8) is 0 Å². The lowest BCUT2D eigenvalue weighted by Crippen LogP contribution is -2.43. The summed E-state index contributed by atoms with van der Waals surface area (Å²) in [6.07, 6.45) is -4.12. The predicted molar refractivity (Wildman–Crippen MR) is 159 cm³/mol. The van der Waals surface area contributed by atoms with Crippen molar-refractivity contribution in [2.45, 2.75) is 52.4 Å². The first-order valence-corrected chi connectivity index (χ1v) is 14.0. The van der Waals surface area contributed by atoms with E-state index in [1.807, 2.05) is 0 Å². The molecule has 1 aliphatic rings. The summed E-state index contributed by atoms with van der Waals surface area (Å²) < 4.78 is 92.5. The van der Waals surface area contributed by atoms with Crippen molar-refractivity contribution in [2.75, 3.05) is 10.6 Å². The van der Waals surface area contributed by atoms with Crippen molar-refractivity contribution in [2.24, 2.45) is 0 Å². The Morgan fingerprint density at radius 3 is 1.59 bits per heavy atom. The number of nitrogen functional groups attached to an aromatic ring is 1. The van der Waals surface area contributed by atoms with E-state index in [4.69, 9.17) is 15.2 Å². The molecule has 1 atom stereocenters. The molecular formula is C30H27F6N7O6. The highest BCUT2D eigenvalue weighted by atomic mass is 19.4. The quantitative estimate of drug-likeness (QED) is 0.148. The number of imide groups is 1. The first kappa shape index (κ1) is 36.0. The van der Waals surface area contributed by atoms with E-state index in [2.05, 4.69) is 34.7 Å². The van der Waals surface area contributed by atoms with Gasteiger partial charge in [-0.15, -0.1) is 26.3 Å². The van der Waals surface area contributed by atoms with Crippen molar-refractivity contribution < 1.29 is 54.9 Å². The van der Waals surface area contributed by atoms with Gasteiger partial charge in [0.15, 0.2) is 0 Å². The topological polar surface area (TPSA) is 164 Å². The lowest BCUT2D eigenvalue weighted by molar-refractivity contribution is -0.275. The highest BCUT2D eigenvalue weighted by Gasteiger charge is 2.47. The minimum Gasteiger partial charge on any atom is -0.424 e. The van der Waals surface area contributed by atoms with Gasteiger partial charge in [0, 0.05) is 12.1 Å². The fourth-order valence-electron chi connectivity index (χ4n) is 3.98. The number of rotatable bonds is 8. The van der Waals surface area contributed by atoms with Crippen LogP contribution in [0.2, 0.25) is 0 Å². The van der Waals surface area contributed by atoms with Crippen LogP contribution in [0, 0.1) is 13.8 Å². The number of nitrogens with two attached hydrogens (primary N) is 1. The normalized spacial score (nSPS) is 16.0. The number of carbonyl (C=O) groups excluding carboxylic acids is 2. The number of aromatic nitrogens is 4. The maximum atomic E-state index is 12.5. The van der Waals surface area contributed by atoms with Crippen LogP contribution in [0.15, 0.2) is 61.2 Å². The lowest BCUT2D eigenvalue weighted by atomic mass is 9.99. The number of halogens is 6. The number of hydrogen-bond acceptors (Lipinski definition) is 11. The molecule has 0 aliphatic carbocycles. The third-order valence-corrected chi connectivity index (χ3v) is 6.68. The Balaban J connectivity index is 0.000000237. The van der Waals surface area contributed by atoms with Crippen LogP contribution in [0.25, 0.3) is 0 Å². The van der Waals surface area contributed by atoms with Gasteiger partial charge in [0.1, 0.15) is 28.5 Å². The van der Waals surface area contributed by atoms with E-state index in [1.54, 1.807) is 13.8 Å². The molecule has 2 aromatic carbocycles. The Bertz CT molecular complexity index is 1810. The zero-order chi connectivity index (χ0) is 36.1. The van der Waals surface area contributed by atoms with E-state index in [9.17, 15) is 35.9 Å². The summed E-state index contributed by atoms with van der Waals surface area (Å²) in [6.45, 7) is 6.33. The number of urea groups is 1. The number of benzene rings is 2. The van der Waals surface area contributed by atoms with Gasteiger partial charge in [0.05, 0.1) is 36.2 Å². The Kier molecular flexibility index (Phi) is 10.3. The van der Waals surface area contributed by atoms with Crippen LogP contribution in [0.1, 0.15) is 31.4 Å². The summed E-state index contributed by atoms with van der Waals surface area (Å²) in [4.78, 5) is 40.9. The van der Waals surface area contributed by atoms with Crippen molar-refractivity contribution in [1.82, 2.24) is 25.3 Å². The molecule has 0 bridgehead atoms. The van der Waals surface area contributed by atoms with E-state index in [0.717, 1.165) is 17.0 Å². The second kappa shape index (κ2) is 14.1. The Hall–Kier alpha value is -5.88. The fourth-order valence-corrected chi connectivity index (χ4v) is 3.98. The van der Waals surface area contributed by atoms with Crippen molar-refractivity contribution in [3.8, 4) is 35.0 Å². The molecule has 4 aromatic rings. The van der Waals surface area contributed by atoms with Gasteiger partial charge in [-0.3, -0.25) is 4.79 Å². The molecule has 0 radical (unpaired) electrons. The molecule has 2 aromatic heterocycles. The molecular weight excluding hydrogens is 668 g/mol. The third-order valence-electron chi connectivity index (χ3n) is 6.68. The van der Waals surface area contributed by atoms with E-state index in [0.29, 0.717) is 17.7 Å². The molecule has 49 heavy (non-hydrogen) atoms. The summed E-state index contributed by atoms with van der Waals surface area (Å²) in [5, 5.41) is 2.61. The van der Waals surface area contributed by atoms with Crippen LogP contribution in [-0.4, -0.2) is 50.1 Å². The summed E-state index contributed by atoms with van der Waals surface area (Å²) in [6, 6.07) is 7.12. The van der Waals surface area contributed by atoms with Crippen molar-refractivity contribution in [3.05, 3.63) is 72.3 Å². The van der Waals surface area contributed by atoms with Crippen LogP contribution in [0.5, 0.6) is 35.0 Å². The maximum Gasteiger partial charge on any atom is 0.573 e. The summed E-state index contributed by atoms with van der Waals surface area (Å²) in [5.74, 6) is -1.04. The Labute approximate surface area is 274 Å². The number of nitrogens with zero attached hydrogens (tertiary/aromatic N) is 5. The highest BCUT2D eigenvalue weighted by Crippen LogP contribution is 2.33. The molecule has 1 saturated heterocycles. The van der Waals surface area contributed by atoms with Gasteiger partial charge in [0.25, 0.3) is 5.91 Å². The zero-order valence-corrected chi connectivity index (χ0v) is 26.0. The largest absolute Gasteiger partial charge is 0.573 e. The second-order valence-corrected chi connectivity index (χ2v) is 10.4. The molecule has 0 saturated carbocycles. The van der Waals surface area contributed by atoms with Gasteiger partial charge in [-0.1, -0.05) is 19.1 Å². The number of amides is 3. The van der Waals surface area contributed by atoms with Crippen LogP contribution in [0.4, 0.5) is 42.5 Å². The van der Waals surface area contributed by atoms with Gasteiger partial charge >= 0.3 is 30.8 Å². The molecule has 260 valence electrons. The molecule has 3 heterocycles. The molecule has 5 rings (SSSR count). The van der Waals surface area contributed by atoms with E-state index >= 15 is 0 Å². The van der Waals surface area contributed by atoms with Gasteiger partial charge in [-0.25, -0.2) is 29.6 Å². The van der Waals surface area contributed by atoms with Crippen LogP contribution in [-0.2, 0) is 4.79 Å². The van der Waals surface area contributed by atoms with Crippen LogP contribution in [0.3, 0.4) is 0 Å². The predicted octanol–water partition coefficient (Wildman–Crippen LogP) is 6.76. The molecule has 1 aliphatic heterocycles. The number of aryl methyl sites for hydroxylation is 2. The van der Waals surface area contributed by atoms with Crippen molar-refractivity contribution in [1.29, 1.82) is 0 Å². The number of alkyl halides is 6. The molecule has 0 unspecified atom stereocenters. The first-order valence-electron chi connectivity index (χ1n) is 14.0. The van der Waals surface area contributed by atoms with Gasteiger partial charge < -0.3 is 30.0 Å². The van der Waals surface area contributed by atoms with Crippen LogP contribution >= 0.6 is 0 Å². The minimum absolute atomic E-state index is 0.0242. The number of anilines is 2. The van der Waals surface area contributed by atoms with E-state index < -0.39 is 36.0 Å². The fraction of sp³-hybridized carbons (Fsp3) is 0.267. The number of nitrogens with one attached hydrogen (secondary N) is 1. The van der Waals surface area contributed by atoms with Gasteiger partial charge in [-0.05, 0) is 50.5 Å². The lowest BCUT2D eigenvalue weighted by Gasteiger charge is -2.19. The molecule has 3 N–H and O–H groups in total. The number of ether oxygens (including phenoxy) is 4. The molecule has 1 fully saturated rings. The van der Waals surface area contributed by atoms with Gasteiger partial charge in [0.2, 0.25) is 0 Å². The number of carbonyl (C=O) groups is 2. The Morgan fingerprint density at radius 2 is 1.20 bits per heavy atom. The first-order chi connectivity index (χ1) is 22.9. The zero-order valence-electron chi connectivity index (χ0n) is 26.0. The van der Waals surface area contributed by atoms with Crippen molar-refractivity contribution >= 4 is 23.3 Å². The Morgan fingerprint density at radius 1 is 0.776 bits per heavy atom. The summed E-state index contributed by atoms with van der Waals surface area (Å²) in [7, 11) is 0.